The first-order valence-electron chi connectivity index (χ1n) is 8.55. The van der Waals surface area contributed by atoms with Crippen LogP contribution in [0, 0.1) is 0 Å². The second-order valence-corrected chi connectivity index (χ2v) is 7.50. The van der Waals surface area contributed by atoms with Crippen molar-refractivity contribution in [1.82, 2.24) is 4.90 Å². The van der Waals surface area contributed by atoms with Gasteiger partial charge in [-0.1, -0.05) is 23.7 Å². The molecule has 0 N–H and O–H groups in total. The Hall–Kier alpha value is -2.18. The van der Waals surface area contributed by atoms with Crippen LogP contribution in [0.2, 0.25) is 5.02 Å². The molecule has 1 heterocycles. The lowest BCUT2D eigenvalue weighted by molar-refractivity contribution is -0.147. The average Bonchev–Trinajstić information content (AvgIpc) is 3.13. The molecule has 1 saturated heterocycles. The number of carbonyl (C=O) groups is 2. The summed E-state index contributed by atoms with van der Waals surface area (Å²) in [4.78, 5) is 27.3. The molecule has 7 heteroatoms. The number of thioether (sulfide) groups is 1. The van der Waals surface area contributed by atoms with E-state index < -0.39 is 12.0 Å². The summed E-state index contributed by atoms with van der Waals surface area (Å²) in [5.41, 5.74) is 1.36. The Balaban J connectivity index is 1.96. The summed E-state index contributed by atoms with van der Waals surface area (Å²) in [6, 6.07) is 13.5. The molecule has 0 aromatic heterocycles. The quantitative estimate of drug-likeness (QED) is 0.699. The molecule has 1 aliphatic rings. The van der Waals surface area contributed by atoms with Gasteiger partial charge in [0.1, 0.15) is 17.2 Å². The van der Waals surface area contributed by atoms with Crippen LogP contribution >= 0.6 is 23.4 Å². The highest BCUT2D eigenvalue weighted by Crippen LogP contribution is 2.43. The van der Waals surface area contributed by atoms with Gasteiger partial charge >= 0.3 is 5.97 Å². The largest absolute Gasteiger partial charge is 0.497 e. The third-order valence-electron chi connectivity index (χ3n) is 4.26. The Morgan fingerprint density at radius 2 is 1.96 bits per heavy atom. The summed E-state index contributed by atoms with van der Waals surface area (Å²) in [6.07, 6.45) is 0. The van der Waals surface area contributed by atoms with Crippen molar-refractivity contribution < 1.29 is 19.1 Å². The van der Waals surface area contributed by atoms with Gasteiger partial charge in [-0.15, -0.1) is 11.8 Å². The monoisotopic (exact) mass is 405 g/mol. The van der Waals surface area contributed by atoms with Crippen molar-refractivity contribution in [2.75, 3.05) is 19.5 Å². The van der Waals surface area contributed by atoms with Crippen LogP contribution in [0.25, 0.3) is 0 Å². The Morgan fingerprint density at radius 1 is 1.22 bits per heavy atom. The molecule has 1 aliphatic heterocycles. The summed E-state index contributed by atoms with van der Waals surface area (Å²) in [5.74, 6) is 0.510. The maximum atomic E-state index is 13.3. The topological polar surface area (TPSA) is 55.8 Å². The lowest BCUT2D eigenvalue weighted by Crippen LogP contribution is -2.43. The first-order chi connectivity index (χ1) is 13.0. The molecule has 0 aliphatic carbocycles. The average molecular weight is 406 g/mol. The zero-order chi connectivity index (χ0) is 19.4. The lowest BCUT2D eigenvalue weighted by Gasteiger charge is -2.28. The van der Waals surface area contributed by atoms with Gasteiger partial charge in [0.05, 0.1) is 13.7 Å². The number of nitrogens with zero attached hydrogens (tertiary/aromatic N) is 1. The number of halogens is 1. The van der Waals surface area contributed by atoms with E-state index >= 15 is 0 Å². The van der Waals surface area contributed by atoms with E-state index in [2.05, 4.69) is 0 Å². The third-order valence-corrected chi connectivity index (χ3v) is 5.82. The van der Waals surface area contributed by atoms with Gasteiger partial charge in [-0.2, -0.15) is 0 Å². The Bertz CT molecular complexity index is 827. The minimum atomic E-state index is -0.645. The van der Waals surface area contributed by atoms with Crippen molar-refractivity contribution in [2.45, 2.75) is 18.3 Å². The van der Waals surface area contributed by atoms with E-state index in [-0.39, 0.29) is 17.9 Å². The molecular weight excluding hydrogens is 386 g/mol. The van der Waals surface area contributed by atoms with Crippen LogP contribution < -0.4 is 4.74 Å². The maximum absolute atomic E-state index is 13.3. The van der Waals surface area contributed by atoms with Gasteiger partial charge in [-0.25, -0.2) is 4.79 Å². The van der Waals surface area contributed by atoms with Gasteiger partial charge in [0.2, 0.25) is 0 Å². The number of carbonyl (C=O) groups excluding carboxylic acids is 2. The van der Waals surface area contributed by atoms with Crippen molar-refractivity contribution in [2.24, 2.45) is 0 Å². The van der Waals surface area contributed by atoms with Crippen LogP contribution in [0.3, 0.4) is 0 Å². The predicted molar refractivity (Wildman–Crippen MR) is 106 cm³/mol. The van der Waals surface area contributed by atoms with Gasteiger partial charge in [0.15, 0.2) is 0 Å². The number of rotatable bonds is 5. The molecular formula is C20H20ClNO4S. The SMILES string of the molecule is CCOC(=O)C1CSC(c2cccc(Cl)c2)N1C(=O)c1ccc(OC)cc1. The van der Waals surface area contributed by atoms with Gasteiger partial charge in [-0.05, 0) is 48.9 Å². The zero-order valence-electron chi connectivity index (χ0n) is 15.1. The number of esters is 1. The van der Waals surface area contributed by atoms with Crippen molar-refractivity contribution in [3.05, 3.63) is 64.7 Å². The summed E-state index contributed by atoms with van der Waals surface area (Å²) in [6.45, 7) is 2.02. The van der Waals surface area contributed by atoms with E-state index in [4.69, 9.17) is 21.1 Å². The number of benzene rings is 2. The fourth-order valence-corrected chi connectivity index (χ4v) is 4.58. The molecule has 3 rings (SSSR count). The van der Waals surface area contributed by atoms with Crippen molar-refractivity contribution in [1.29, 1.82) is 0 Å². The molecule has 1 fully saturated rings. The second-order valence-electron chi connectivity index (χ2n) is 5.95. The predicted octanol–water partition coefficient (Wildman–Crippen LogP) is 4.17. The fraction of sp³-hybridized carbons (Fsp3) is 0.300. The molecule has 5 nitrogen and oxygen atoms in total. The van der Waals surface area contributed by atoms with Gasteiger partial charge in [0, 0.05) is 16.3 Å². The summed E-state index contributed by atoms with van der Waals surface area (Å²) in [5, 5.41) is 0.275. The van der Waals surface area contributed by atoms with Crippen LogP contribution in [-0.2, 0) is 9.53 Å². The van der Waals surface area contributed by atoms with E-state index in [0.29, 0.717) is 22.1 Å². The Kier molecular flexibility index (Phi) is 6.29. The Labute approximate surface area is 167 Å². The molecule has 0 saturated carbocycles. The standard InChI is InChI=1S/C20H20ClNO4S/c1-3-26-20(24)17-12-27-19(14-5-4-6-15(21)11-14)22(17)18(23)13-7-9-16(25-2)10-8-13/h4-11,17,19H,3,12H2,1-2H3. The van der Waals surface area contributed by atoms with Crippen LogP contribution in [0.4, 0.5) is 0 Å². The molecule has 0 radical (unpaired) electrons. The van der Waals surface area contributed by atoms with E-state index in [1.165, 1.54) is 11.8 Å². The van der Waals surface area contributed by atoms with Crippen molar-refractivity contribution in [3.8, 4) is 5.75 Å². The van der Waals surface area contributed by atoms with Crippen LogP contribution in [0.15, 0.2) is 48.5 Å². The molecule has 1 amide bonds. The first-order valence-corrected chi connectivity index (χ1v) is 9.98. The zero-order valence-corrected chi connectivity index (χ0v) is 16.6. The summed E-state index contributed by atoms with van der Waals surface area (Å²) < 4.78 is 10.3. The van der Waals surface area contributed by atoms with E-state index in [9.17, 15) is 9.59 Å². The lowest BCUT2D eigenvalue weighted by atomic mass is 10.1. The molecule has 2 aromatic rings. The van der Waals surface area contributed by atoms with E-state index in [1.807, 2.05) is 18.2 Å². The maximum Gasteiger partial charge on any atom is 0.329 e. The molecule has 0 bridgehead atoms. The highest BCUT2D eigenvalue weighted by molar-refractivity contribution is 7.99. The number of methoxy groups -OCH3 is 1. The van der Waals surface area contributed by atoms with Gasteiger partial charge < -0.3 is 14.4 Å². The minimum Gasteiger partial charge on any atom is -0.497 e. The summed E-state index contributed by atoms with van der Waals surface area (Å²) >= 11 is 7.66. The third kappa shape index (κ3) is 4.22. The normalized spacial score (nSPS) is 19.0. The van der Waals surface area contributed by atoms with Crippen molar-refractivity contribution >= 4 is 35.2 Å². The highest BCUT2D eigenvalue weighted by atomic mass is 35.5. The van der Waals surface area contributed by atoms with Crippen molar-refractivity contribution in [3.63, 3.8) is 0 Å². The number of hydrogen-bond donors (Lipinski definition) is 0. The van der Waals surface area contributed by atoms with Crippen LogP contribution in [-0.4, -0.2) is 42.3 Å². The van der Waals surface area contributed by atoms with E-state index in [0.717, 1.165) is 5.56 Å². The molecule has 2 unspecified atom stereocenters. The molecule has 142 valence electrons. The van der Waals surface area contributed by atoms with Crippen LogP contribution in [0.5, 0.6) is 5.75 Å². The minimum absolute atomic E-state index is 0.231. The Morgan fingerprint density at radius 3 is 2.59 bits per heavy atom. The van der Waals surface area contributed by atoms with Gasteiger partial charge in [-0.3, -0.25) is 4.79 Å². The molecule has 0 spiro atoms. The number of amides is 1. The fourth-order valence-electron chi connectivity index (χ4n) is 2.97. The van der Waals surface area contributed by atoms with Crippen LogP contribution in [0.1, 0.15) is 28.2 Å². The number of ether oxygens (including phenoxy) is 2. The second kappa shape index (κ2) is 8.67. The highest BCUT2D eigenvalue weighted by Gasteiger charge is 2.43. The van der Waals surface area contributed by atoms with E-state index in [1.54, 1.807) is 49.3 Å². The number of hydrogen-bond acceptors (Lipinski definition) is 5. The smallest absolute Gasteiger partial charge is 0.329 e. The summed E-state index contributed by atoms with van der Waals surface area (Å²) in [7, 11) is 1.57. The molecule has 2 aromatic carbocycles. The molecule has 2 atom stereocenters. The molecule has 27 heavy (non-hydrogen) atoms. The van der Waals surface area contributed by atoms with Gasteiger partial charge in [0.25, 0.3) is 5.91 Å². The first kappa shape index (κ1) is 19.6.